The van der Waals surface area contributed by atoms with Crippen LogP contribution in [0.1, 0.15) is 37.7 Å². The fraction of sp³-hybridized carbons (Fsp3) is 0.556. The first kappa shape index (κ1) is 18.5. The lowest BCUT2D eigenvalue weighted by molar-refractivity contribution is -0.193. The molecule has 2 fully saturated rings. The summed E-state index contributed by atoms with van der Waals surface area (Å²) in [6.07, 6.45) is 11.5. The number of nitrogens with one attached hydrogen (secondary N) is 3. The van der Waals surface area contributed by atoms with Gasteiger partial charge in [-0.05, 0) is 18.4 Å². The van der Waals surface area contributed by atoms with E-state index in [4.69, 9.17) is 15.2 Å². The number of aromatic nitrogens is 3. The number of aromatic amines is 2. The Morgan fingerprint density at radius 3 is 2.89 bits per heavy atom. The predicted molar refractivity (Wildman–Crippen MR) is 104 cm³/mol. The fourth-order valence-corrected chi connectivity index (χ4v) is 4.42. The van der Waals surface area contributed by atoms with Gasteiger partial charge in [0, 0.05) is 25.6 Å². The average Bonchev–Trinajstić information content (AvgIpc) is 3.27. The van der Waals surface area contributed by atoms with E-state index in [1.807, 2.05) is 0 Å². The van der Waals surface area contributed by atoms with E-state index in [0.717, 1.165) is 31.2 Å². The maximum Gasteiger partial charge on any atom is 0.262 e. The topological polar surface area (TPSA) is 118 Å². The minimum atomic E-state index is -0.391. The van der Waals surface area contributed by atoms with Crippen LogP contribution in [0.15, 0.2) is 23.1 Å². The lowest BCUT2D eigenvalue weighted by Gasteiger charge is -2.32. The Bertz CT molecular complexity index is 917. The van der Waals surface area contributed by atoms with Crippen LogP contribution in [0.5, 0.6) is 0 Å². The number of fused-ring (bicyclic) bond motifs is 2. The zero-order valence-electron chi connectivity index (χ0n) is 14.9. The number of hydrogen-bond donors (Lipinski definition) is 4. The van der Waals surface area contributed by atoms with E-state index in [-0.39, 0.29) is 42.2 Å². The van der Waals surface area contributed by atoms with Crippen LogP contribution in [-0.4, -0.2) is 39.0 Å². The van der Waals surface area contributed by atoms with Gasteiger partial charge in [0.15, 0.2) is 5.79 Å². The van der Waals surface area contributed by atoms with E-state index in [9.17, 15) is 4.79 Å². The van der Waals surface area contributed by atoms with Crippen molar-refractivity contribution < 1.29 is 9.47 Å². The molecule has 1 saturated carbocycles. The summed E-state index contributed by atoms with van der Waals surface area (Å²) in [7, 11) is 0. The second-order valence-electron chi connectivity index (χ2n) is 7.42. The zero-order valence-corrected chi connectivity index (χ0v) is 15.7. The van der Waals surface area contributed by atoms with Gasteiger partial charge in [-0.15, -0.1) is 12.4 Å². The Morgan fingerprint density at radius 2 is 2.07 bits per heavy atom. The van der Waals surface area contributed by atoms with Crippen LogP contribution in [0, 0.1) is 0 Å². The van der Waals surface area contributed by atoms with Crippen LogP contribution >= 0.6 is 12.4 Å². The second-order valence-corrected chi connectivity index (χ2v) is 7.42. The summed E-state index contributed by atoms with van der Waals surface area (Å²) in [6, 6.07) is 0.0621. The Hall–Kier alpha value is -1.87. The third-order valence-corrected chi connectivity index (χ3v) is 5.67. The minimum Gasteiger partial charge on any atom is -0.369 e. The fourth-order valence-electron chi connectivity index (χ4n) is 4.42. The molecule has 3 heterocycles. The molecule has 0 amide bonds. The van der Waals surface area contributed by atoms with E-state index in [2.05, 4.69) is 32.4 Å². The quantitative estimate of drug-likeness (QED) is 0.590. The summed E-state index contributed by atoms with van der Waals surface area (Å²) in [6.45, 7) is 0.531. The number of halogens is 1. The monoisotopic (exact) mass is 393 g/mol. The molecule has 0 bridgehead atoms. The van der Waals surface area contributed by atoms with Crippen molar-refractivity contribution in [1.29, 1.82) is 0 Å². The molecule has 27 heavy (non-hydrogen) atoms. The van der Waals surface area contributed by atoms with Crippen LogP contribution < -0.4 is 16.6 Å². The maximum atomic E-state index is 12.2. The van der Waals surface area contributed by atoms with E-state index < -0.39 is 5.79 Å². The molecular formula is C18H24ClN5O3. The van der Waals surface area contributed by atoms with Gasteiger partial charge in [-0.2, -0.15) is 4.98 Å². The van der Waals surface area contributed by atoms with Crippen LogP contribution in [0.25, 0.3) is 11.0 Å². The highest BCUT2D eigenvalue weighted by Crippen LogP contribution is 2.43. The van der Waals surface area contributed by atoms with Crippen LogP contribution in [0.4, 0.5) is 5.95 Å². The summed E-state index contributed by atoms with van der Waals surface area (Å²) in [5.74, 6) is -0.280. The first-order valence-corrected chi connectivity index (χ1v) is 9.27. The molecule has 2 aromatic rings. The van der Waals surface area contributed by atoms with Gasteiger partial charge in [-0.25, -0.2) is 0 Å². The lowest BCUT2D eigenvalue weighted by Crippen LogP contribution is -2.41. The highest BCUT2D eigenvalue weighted by atomic mass is 35.5. The summed E-state index contributed by atoms with van der Waals surface area (Å²) >= 11 is 0. The van der Waals surface area contributed by atoms with E-state index in [1.165, 1.54) is 6.42 Å². The Morgan fingerprint density at radius 1 is 1.26 bits per heavy atom. The lowest BCUT2D eigenvalue weighted by atomic mass is 9.94. The van der Waals surface area contributed by atoms with Crippen LogP contribution in [-0.2, 0) is 16.0 Å². The van der Waals surface area contributed by atoms with Crippen molar-refractivity contribution in [3.63, 3.8) is 0 Å². The van der Waals surface area contributed by atoms with Gasteiger partial charge >= 0.3 is 0 Å². The third kappa shape index (κ3) is 3.16. The number of hydrogen-bond acceptors (Lipinski definition) is 6. The molecule has 0 aromatic carbocycles. The summed E-state index contributed by atoms with van der Waals surface area (Å²) in [4.78, 5) is 21.9. The van der Waals surface area contributed by atoms with Crippen molar-refractivity contribution in [3.05, 3.63) is 34.3 Å². The van der Waals surface area contributed by atoms with Gasteiger partial charge < -0.3 is 25.5 Å². The number of nitrogens with two attached hydrogens (primary N) is 1. The van der Waals surface area contributed by atoms with Gasteiger partial charge in [0.05, 0.1) is 11.4 Å². The van der Waals surface area contributed by atoms with Crippen LogP contribution in [0.3, 0.4) is 0 Å². The van der Waals surface area contributed by atoms with Gasteiger partial charge in [0.1, 0.15) is 17.9 Å². The molecule has 5 N–H and O–H groups in total. The van der Waals surface area contributed by atoms with Crippen molar-refractivity contribution in [1.82, 2.24) is 20.3 Å². The molecule has 1 saturated heterocycles. The number of ether oxygens (including phenoxy) is 2. The van der Waals surface area contributed by atoms with Crippen LogP contribution in [0.2, 0.25) is 0 Å². The number of H-pyrrole nitrogens is 2. The molecule has 8 nitrogen and oxygen atoms in total. The molecule has 9 heteroatoms. The molecule has 0 unspecified atom stereocenters. The van der Waals surface area contributed by atoms with E-state index in [0.29, 0.717) is 17.6 Å². The molecule has 2 aliphatic carbocycles. The highest BCUT2D eigenvalue weighted by molar-refractivity contribution is 5.85. The molecule has 1 aliphatic heterocycles. The summed E-state index contributed by atoms with van der Waals surface area (Å²) in [5, 5.41) is 4.03. The number of anilines is 1. The molecule has 3 atom stereocenters. The largest absolute Gasteiger partial charge is 0.369 e. The SMILES string of the molecule is Cl.Nc1nc2[nH]cc(CN[C@H]3C=C[C@@H]4OC5(CCCCC5)O[C@H]34)c2c(=O)[nH]1. The Kier molecular flexibility index (Phi) is 4.75. The molecule has 3 aliphatic rings. The number of nitrogens with zero attached hydrogens (tertiary/aromatic N) is 1. The molecule has 0 radical (unpaired) electrons. The van der Waals surface area contributed by atoms with Gasteiger partial charge in [0.2, 0.25) is 5.95 Å². The average molecular weight is 394 g/mol. The Labute approximate surface area is 162 Å². The van der Waals surface area contributed by atoms with Crippen molar-refractivity contribution in [2.24, 2.45) is 0 Å². The third-order valence-electron chi connectivity index (χ3n) is 5.67. The highest BCUT2D eigenvalue weighted by Gasteiger charge is 2.51. The van der Waals surface area contributed by atoms with Gasteiger partial charge in [-0.3, -0.25) is 9.78 Å². The first-order valence-electron chi connectivity index (χ1n) is 9.27. The van der Waals surface area contributed by atoms with E-state index in [1.54, 1.807) is 6.20 Å². The maximum absolute atomic E-state index is 12.2. The zero-order chi connectivity index (χ0) is 17.7. The summed E-state index contributed by atoms with van der Waals surface area (Å²) in [5.41, 5.74) is 6.72. The standard InChI is InChI=1S/C18H23N5O3.ClH/c19-17-22-15-13(16(24)23-17)10(9-21-15)8-20-11-4-5-12-14(11)26-18(25-12)6-2-1-3-7-18;/h4-5,9,11-12,14,20H,1-3,6-8H2,(H4,19,21,22,23,24);1H/t11-,12-,14+;/m0./s1. The number of nitrogen functional groups attached to an aromatic ring is 1. The molecule has 1 spiro atoms. The molecule has 2 aromatic heterocycles. The van der Waals surface area contributed by atoms with Gasteiger partial charge in [0.25, 0.3) is 5.56 Å². The number of rotatable bonds is 3. The van der Waals surface area contributed by atoms with Crippen molar-refractivity contribution in [3.8, 4) is 0 Å². The molecule has 5 rings (SSSR count). The van der Waals surface area contributed by atoms with Crippen molar-refractivity contribution in [2.75, 3.05) is 5.73 Å². The first-order chi connectivity index (χ1) is 12.6. The summed E-state index contributed by atoms with van der Waals surface area (Å²) < 4.78 is 12.6. The second kappa shape index (κ2) is 6.94. The minimum absolute atomic E-state index is 0. The smallest absolute Gasteiger partial charge is 0.262 e. The van der Waals surface area contributed by atoms with E-state index >= 15 is 0 Å². The Balaban J connectivity index is 0.00000180. The van der Waals surface area contributed by atoms with Crippen molar-refractivity contribution >= 4 is 29.4 Å². The normalized spacial score (nSPS) is 28.5. The molecular weight excluding hydrogens is 370 g/mol. The van der Waals surface area contributed by atoms with Gasteiger partial charge in [-0.1, -0.05) is 18.6 Å². The predicted octanol–water partition coefficient (Wildman–Crippen LogP) is 1.73. The van der Waals surface area contributed by atoms with Crippen molar-refractivity contribution in [2.45, 2.75) is 62.7 Å². The molecule has 146 valence electrons.